The van der Waals surface area contributed by atoms with Gasteiger partial charge in [-0.2, -0.15) is 0 Å². The molecule has 0 aromatic rings. The number of likely N-dealkylation sites (tertiary alicyclic amines) is 1. The zero-order valence-corrected chi connectivity index (χ0v) is 7.96. The SMILES string of the molecule is CCCCN1C[C@@H]2CC[C@@H](C1)O2. The van der Waals surface area contributed by atoms with Crippen molar-refractivity contribution in [3.63, 3.8) is 0 Å². The number of ether oxygens (including phenoxy) is 1. The Morgan fingerprint density at radius 3 is 2.50 bits per heavy atom. The van der Waals surface area contributed by atoms with E-state index in [0.717, 1.165) is 0 Å². The summed E-state index contributed by atoms with van der Waals surface area (Å²) in [6.45, 7) is 5.93. The molecule has 0 aromatic heterocycles. The summed E-state index contributed by atoms with van der Waals surface area (Å²) in [5.41, 5.74) is 0. The van der Waals surface area contributed by atoms with Crippen molar-refractivity contribution in [2.45, 2.75) is 44.8 Å². The number of rotatable bonds is 3. The van der Waals surface area contributed by atoms with E-state index < -0.39 is 0 Å². The first-order chi connectivity index (χ1) is 5.88. The predicted molar refractivity (Wildman–Crippen MR) is 49.2 cm³/mol. The predicted octanol–water partition coefficient (Wildman–Crippen LogP) is 1.65. The van der Waals surface area contributed by atoms with Gasteiger partial charge < -0.3 is 4.74 Å². The van der Waals surface area contributed by atoms with E-state index in [-0.39, 0.29) is 0 Å². The van der Waals surface area contributed by atoms with E-state index in [1.54, 1.807) is 0 Å². The summed E-state index contributed by atoms with van der Waals surface area (Å²) in [6, 6.07) is 0. The Balaban J connectivity index is 1.78. The van der Waals surface area contributed by atoms with Crippen molar-refractivity contribution in [1.29, 1.82) is 0 Å². The van der Waals surface area contributed by atoms with Gasteiger partial charge >= 0.3 is 0 Å². The fourth-order valence-electron chi connectivity index (χ4n) is 2.26. The van der Waals surface area contributed by atoms with E-state index in [0.29, 0.717) is 12.2 Å². The van der Waals surface area contributed by atoms with Crippen molar-refractivity contribution < 1.29 is 4.74 Å². The van der Waals surface area contributed by atoms with Crippen LogP contribution in [0.5, 0.6) is 0 Å². The lowest BCUT2D eigenvalue weighted by Crippen LogP contribution is -2.42. The van der Waals surface area contributed by atoms with Gasteiger partial charge in [-0.25, -0.2) is 0 Å². The Morgan fingerprint density at radius 2 is 1.92 bits per heavy atom. The Hall–Kier alpha value is -0.0800. The van der Waals surface area contributed by atoms with E-state index in [1.807, 2.05) is 0 Å². The Labute approximate surface area is 74.9 Å². The molecule has 0 radical (unpaired) electrons. The quantitative estimate of drug-likeness (QED) is 0.637. The summed E-state index contributed by atoms with van der Waals surface area (Å²) in [5, 5.41) is 0. The van der Waals surface area contributed by atoms with E-state index in [1.165, 1.54) is 45.3 Å². The molecule has 12 heavy (non-hydrogen) atoms. The first kappa shape index (κ1) is 8.52. The molecule has 2 aliphatic heterocycles. The fourth-order valence-corrected chi connectivity index (χ4v) is 2.26. The van der Waals surface area contributed by atoms with Gasteiger partial charge in [0.1, 0.15) is 0 Å². The summed E-state index contributed by atoms with van der Waals surface area (Å²) in [5.74, 6) is 0. The van der Waals surface area contributed by atoms with Crippen LogP contribution >= 0.6 is 0 Å². The third-order valence-electron chi connectivity index (χ3n) is 2.95. The molecule has 70 valence electrons. The van der Waals surface area contributed by atoms with Crippen molar-refractivity contribution in [3.05, 3.63) is 0 Å². The minimum Gasteiger partial charge on any atom is -0.372 e. The van der Waals surface area contributed by atoms with Gasteiger partial charge in [-0.3, -0.25) is 4.90 Å². The third kappa shape index (κ3) is 1.80. The van der Waals surface area contributed by atoms with Crippen LogP contribution in [-0.2, 0) is 4.74 Å². The molecule has 2 rings (SSSR count). The van der Waals surface area contributed by atoms with Gasteiger partial charge in [-0.05, 0) is 25.8 Å². The molecule has 0 saturated carbocycles. The second kappa shape index (κ2) is 3.75. The lowest BCUT2D eigenvalue weighted by atomic mass is 10.2. The van der Waals surface area contributed by atoms with Crippen LogP contribution in [0.3, 0.4) is 0 Å². The van der Waals surface area contributed by atoms with Crippen LogP contribution in [0, 0.1) is 0 Å². The molecular weight excluding hydrogens is 150 g/mol. The standard InChI is InChI=1S/C10H19NO/c1-2-3-6-11-7-9-4-5-10(8-11)12-9/h9-10H,2-8H2,1H3/t9-,10-/m0/s1. The monoisotopic (exact) mass is 169 g/mol. The highest BCUT2D eigenvalue weighted by atomic mass is 16.5. The molecule has 0 aromatic carbocycles. The zero-order valence-electron chi connectivity index (χ0n) is 7.96. The first-order valence-corrected chi connectivity index (χ1v) is 5.26. The van der Waals surface area contributed by atoms with E-state index >= 15 is 0 Å². The molecule has 0 spiro atoms. The van der Waals surface area contributed by atoms with E-state index in [9.17, 15) is 0 Å². The van der Waals surface area contributed by atoms with E-state index in [4.69, 9.17) is 4.74 Å². The first-order valence-electron chi connectivity index (χ1n) is 5.26. The molecule has 2 atom stereocenters. The highest BCUT2D eigenvalue weighted by Crippen LogP contribution is 2.26. The van der Waals surface area contributed by atoms with Crippen molar-refractivity contribution in [2.75, 3.05) is 19.6 Å². The molecule has 0 amide bonds. The number of fused-ring (bicyclic) bond motifs is 2. The summed E-state index contributed by atoms with van der Waals surface area (Å²) in [6.07, 6.45) is 6.40. The van der Waals surface area contributed by atoms with Crippen molar-refractivity contribution in [2.24, 2.45) is 0 Å². The van der Waals surface area contributed by atoms with Gasteiger partial charge in [0, 0.05) is 13.1 Å². The van der Waals surface area contributed by atoms with Crippen molar-refractivity contribution >= 4 is 0 Å². The summed E-state index contributed by atoms with van der Waals surface area (Å²) in [4.78, 5) is 2.58. The summed E-state index contributed by atoms with van der Waals surface area (Å²) < 4.78 is 5.77. The van der Waals surface area contributed by atoms with Crippen LogP contribution in [0.2, 0.25) is 0 Å². The average Bonchev–Trinajstić information content (AvgIpc) is 2.42. The fraction of sp³-hybridized carbons (Fsp3) is 1.00. The highest BCUT2D eigenvalue weighted by Gasteiger charge is 2.32. The third-order valence-corrected chi connectivity index (χ3v) is 2.95. The molecule has 2 heterocycles. The smallest absolute Gasteiger partial charge is 0.0707 e. The molecule has 2 bridgehead atoms. The largest absolute Gasteiger partial charge is 0.372 e. The van der Waals surface area contributed by atoms with Crippen molar-refractivity contribution in [1.82, 2.24) is 4.90 Å². The lowest BCUT2D eigenvalue weighted by Gasteiger charge is -2.31. The van der Waals surface area contributed by atoms with Crippen LogP contribution in [0.1, 0.15) is 32.6 Å². The van der Waals surface area contributed by atoms with Crippen LogP contribution in [-0.4, -0.2) is 36.7 Å². The number of nitrogens with zero attached hydrogens (tertiary/aromatic N) is 1. The van der Waals surface area contributed by atoms with Crippen molar-refractivity contribution in [3.8, 4) is 0 Å². The van der Waals surface area contributed by atoms with Gasteiger partial charge in [0.2, 0.25) is 0 Å². The second-order valence-electron chi connectivity index (χ2n) is 4.07. The molecule has 0 N–H and O–H groups in total. The van der Waals surface area contributed by atoms with Gasteiger partial charge in [-0.1, -0.05) is 13.3 Å². The number of hydrogen-bond donors (Lipinski definition) is 0. The van der Waals surface area contributed by atoms with Gasteiger partial charge in [0.05, 0.1) is 12.2 Å². The number of hydrogen-bond acceptors (Lipinski definition) is 2. The Bertz CT molecular complexity index is 137. The maximum absolute atomic E-state index is 5.77. The average molecular weight is 169 g/mol. The van der Waals surface area contributed by atoms with Crippen LogP contribution in [0.15, 0.2) is 0 Å². The van der Waals surface area contributed by atoms with Crippen LogP contribution in [0.4, 0.5) is 0 Å². The molecule has 0 unspecified atom stereocenters. The molecule has 2 heteroatoms. The number of morpholine rings is 1. The summed E-state index contributed by atoms with van der Waals surface area (Å²) >= 11 is 0. The van der Waals surface area contributed by atoms with E-state index in [2.05, 4.69) is 11.8 Å². The minimum atomic E-state index is 0.570. The normalized spacial score (nSPS) is 35.8. The van der Waals surface area contributed by atoms with Crippen LogP contribution < -0.4 is 0 Å². The van der Waals surface area contributed by atoms with Gasteiger partial charge in [0.25, 0.3) is 0 Å². The summed E-state index contributed by atoms with van der Waals surface area (Å²) in [7, 11) is 0. The molecule has 2 aliphatic rings. The lowest BCUT2D eigenvalue weighted by molar-refractivity contribution is -0.0384. The second-order valence-corrected chi connectivity index (χ2v) is 4.07. The number of unbranched alkanes of at least 4 members (excludes halogenated alkanes) is 1. The molecule has 2 saturated heterocycles. The maximum atomic E-state index is 5.77. The molecular formula is C10H19NO. The van der Waals surface area contributed by atoms with Crippen LogP contribution in [0.25, 0.3) is 0 Å². The maximum Gasteiger partial charge on any atom is 0.0707 e. The Kier molecular flexibility index (Phi) is 2.66. The minimum absolute atomic E-state index is 0.570. The molecule has 2 fully saturated rings. The Morgan fingerprint density at radius 1 is 1.25 bits per heavy atom. The molecule has 0 aliphatic carbocycles. The molecule has 2 nitrogen and oxygen atoms in total. The highest BCUT2D eigenvalue weighted by molar-refractivity contribution is 4.84. The van der Waals surface area contributed by atoms with Gasteiger partial charge in [0.15, 0.2) is 0 Å². The zero-order chi connectivity index (χ0) is 8.39. The topological polar surface area (TPSA) is 12.5 Å². The van der Waals surface area contributed by atoms with Gasteiger partial charge in [-0.15, -0.1) is 0 Å².